The topological polar surface area (TPSA) is 21.3 Å². The molecule has 1 unspecified atom stereocenters. The molecule has 1 fully saturated rings. The smallest absolute Gasteiger partial charge is 0.0470 e. The predicted molar refractivity (Wildman–Crippen MR) is 50.2 cm³/mol. The van der Waals surface area contributed by atoms with Gasteiger partial charge in [-0.3, -0.25) is 0 Å². The highest BCUT2D eigenvalue weighted by Crippen LogP contribution is 2.17. The van der Waals surface area contributed by atoms with Gasteiger partial charge in [-0.1, -0.05) is 0 Å². The monoisotopic (exact) mass is 175 g/mol. The lowest BCUT2D eigenvalue weighted by Crippen LogP contribution is -2.10. The summed E-state index contributed by atoms with van der Waals surface area (Å²) in [5.41, 5.74) is 0. The number of hydrogen-bond donors (Lipinski definition) is 1. The second-order valence-electron chi connectivity index (χ2n) is 2.83. The Balaban J connectivity index is 1.86. The maximum absolute atomic E-state index is 4.98. The van der Waals surface area contributed by atoms with E-state index in [0.717, 1.165) is 11.9 Å². The largest absolute Gasteiger partial charge is 0.385 e. The summed E-state index contributed by atoms with van der Waals surface area (Å²) in [7, 11) is 1.77. The average molecular weight is 175 g/mol. The van der Waals surface area contributed by atoms with E-state index in [1.807, 2.05) is 0 Å². The Morgan fingerprint density at radius 1 is 1.64 bits per heavy atom. The van der Waals surface area contributed by atoms with E-state index in [1.54, 1.807) is 7.11 Å². The molecule has 0 radical (unpaired) electrons. The van der Waals surface area contributed by atoms with Gasteiger partial charge >= 0.3 is 0 Å². The Bertz CT molecular complexity index is 94.1. The van der Waals surface area contributed by atoms with Gasteiger partial charge in [0, 0.05) is 25.5 Å². The summed E-state index contributed by atoms with van der Waals surface area (Å²) in [5, 5.41) is 4.23. The number of ether oxygens (including phenoxy) is 1. The third kappa shape index (κ3) is 3.99. The van der Waals surface area contributed by atoms with Crippen molar-refractivity contribution in [1.82, 2.24) is 5.32 Å². The molecule has 0 aromatic heterocycles. The maximum Gasteiger partial charge on any atom is 0.0470 e. The van der Waals surface area contributed by atoms with E-state index in [-0.39, 0.29) is 0 Å². The molecule has 66 valence electrons. The highest BCUT2D eigenvalue weighted by atomic mass is 32.2. The van der Waals surface area contributed by atoms with Crippen LogP contribution in [0.15, 0.2) is 0 Å². The highest BCUT2D eigenvalue weighted by Gasteiger charge is 2.13. The van der Waals surface area contributed by atoms with Crippen LogP contribution < -0.4 is 5.32 Å². The number of rotatable bonds is 5. The van der Waals surface area contributed by atoms with Gasteiger partial charge in [0.25, 0.3) is 0 Å². The first-order chi connectivity index (χ1) is 5.43. The van der Waals surface area contributed by atoms with E-state index in [1.165, 1.54) is 31.7 Å². The van der Waals surface area contributed by atoms with Crippen LogP contribution in [0.25, 0.3) is 0 Å². The van der Waals surface area contributed by atoms with E-state index in [0.29, 0.717) is 0 Å². The van der Waals surface area contributed by atoms with Gasteiger partial charge in [-0.15, -0.1) is 0 Å². The van der Waals surface area contributed by atoms with Gasteiger partial charge < -0.3 is 10.1 Å². The minimum absolute atomic E-state index is 0.867. The van der Waals surface area contributed by atoms with Gasteiger partial charge in [-0.05, 0) is 25.1 Å². The number of thioether (sulfide) groups is 1. The van der Waals surface area contributed by atoms with Gasteiger partial charge in [0.05, 0.1) is 0 Å². The van der Waals surface area contributed by atoms with Crippen LogP contribution in [0.3, 0.4) is 0 Å². The van der Waals surface area contributed by atoms with Gasteiger partial charge in [0.1, 0.15) is 0 Å². The van der Waals surface area contributed by atoms with Crippen molar-refractivity contribution in [2.24, 2.45) is 0 Å². The zero-order chi connectivity index (χ0) is 7.94. The molecule has 0 aromatic rings. The molecular formula is C8H17NOS. The summed E-state index contributed by atoms with van der Waals surface area (Å²) < 4.78 is 4.98. The molecule has 11 heavy (non-hydrogen) atoms. The van der Waals surface area contributed by atoms with Crippen LogP contribution in [0.1, 0.15) is 12.8 Å². The lowest BCUT2D eigenvalue weighted by atomic mass is 10.4. The number of nitrogens with one attached hydrogen (secondary N) is 1. The minimum atomic E-state index is 0.867. The zero-order valence-electron chi connectivity index (χ0n) is 7.14. The Hall–Kier alpha value is 0.270. The first kappa shape index (κ1) is 9.36. The molecule has 3 heteroatoms. The molecule has 1 rings (SSSR count). The molecule has 1 aliphatic rings. The third-order valence-electron chi connectivity index (χ3n) is 1.86. The quantitative estimate of drug-likeness (QED) is 0.633. The SMILES string of the molecule is COCCCSC1CCNC1. The van der Waals surface area contributed by atoms with Gasteiger partial charge in [-0.2, -0.15) is 11.8 Å². The maximum atomic E-state index is 4.98. The average Bonchev–Trinajstić information content (AvgIpc) is 2.50. The Kier molecular flexibility index (Phi) is 4.99. The van der Waals surface area contributed by atoms with Crippen molar-refractivity contribution in [3.63, 3.8) is 0 Å². The summed E-state index contributed by atoms with van der Waals surface area (Å²) >= 11 is 2.08. The summed E-state index contributed by atoms with van der Waals surface area (Å²) in [6, 6.07) is 0. The fourth-order valence-electron chi connectivity index (χ4n) is 1.22. The lowest BCUT2D eigenvalue weighted by molar-refractivity contribution is 0.200. The summed E-state index contributed by atoms with van der Waals surface area (Å²) in [4.78, 5) is 0. The highest BCUT2D eigenvalue weighted by molar-refractivity contribution is 7.99. The molecular weight excluding hydrogens is 158 g/mol. The Morgan fingerprint density at radius 2 is 2.55 bits per heavy atom. The molecule has 0 amide bonds. The van der Waals surface area contributed by atoms with Crippen molar-refractivity contribution in [3.8, 4) is 0 Å². The van der Waals surface area contributed by atoms with Crippen molar-refractivity contribution in [2.45, 2.75) is 18.1 Å². The van der Waals surface area contributed by atoms with Crippen molar-refractivity contribution in [1.29, 1.82) is 0 Å². The third-order valence-corrected chi connectivity index (χ3v) is 3.26. The minimum Gasteiger partial charge on any atom is -0.385 e. The van der Waals surface area contributed by atoms with Crippen molar-refractivity contribution >= 4 is 11.8 Å². The predicted octanol–water partition coefficient (Wildman–Crippen LogP) is 1.12. The van der Waals surface area contributed by atoms with Crippen molar-refractivity contribution < 1.29 is 4.74 Å². The Morgan fingerprint density at radius 3 is 3.18 bits per heavy atom. The van der Waals surface area contributed by atoms with Crippen LogP contribution in [0, 0.1) is 0 Å². The molecule has 1 heterocycles. The second-order valence-corrected chi connectivity index (χ2v) is 4.24. The van der Waals surface area contributed by atoms with E-state index in [9.17, 15) is 0 Å². The summed E-state index contributed by atoms with van der Waals surface area (Å²) in [6.07, 6.45) is 2.54. The molecule has 1 N–H and O–H groups in total. The molecule has 1 aliphatic heterocycles. The fourth-order valence-corrected chi connectivity index (χ4v) is 2.36. The van der Waals surface area contributed by atoms with Crippen LogP contribution in [0.2, 0.25) is 0 Å². The van der Waals surface area contributed by atoms with Crippen LogP contribution in [0.5, 0.6) is 0 Å². The van der Waals surface area contributed by atoms with E-state index >= 15 is 0 Å². The van der Waals surface area contributed by atoms with Crippen LogP contribution >= 0.6 is 11.8 Å². The molecule has 2 nitrogen and oxygen atoms in total. The normalized spacial score (nSPS) is 24.3. The fraction of sp³-hybridized carbons (Fsp3) is 1.00. The molecule has 1 atom stereocenters. The van der Waals surface area contributed by atoms with E-state index < -0.39 is 0 Å². The van der Waals surface area contributed by atoms with Crippen LogP contribution in [0.4, 0.5) is 0 Å². The lowest BCUT2D eigenvalue weighted by Gasteiger charge is -2.06. The first-order valence-corrected chi connectivity index (χ1v) is 5.29. The molecule has 0 bridgehead atoms. The molecule has 0 aliphatic carbocycles. The Labute approximate surface area is 73.1 Å². The van der Waals surface area contributed by atoms with E-state index in [4.69, 9.17) is 4.74 Å². The van der Waals surface area contributed by atoms with Crippen molar-refractivity contribution in [3.05, 3.63) is 0 Å². The van der Waals surface area contributed by atoms with Gasteiger partial charge in [0.2, 0.25) is 0 Å². The molecule has 0 aromatic carbocycles. The van der Waals surface area contributed by atoms with E-state index in [2.05, 4.69) is 17.1 Å². The number of methoxy groups -OCH3 is 1. The molecule has 0 spiro atoms. The van der Waals surface area contributed by atoms with Crippen LogP contribution in [-0.2, 0) is 4.74 Å². The standard InChI is InChI=1S/C8H17NOS/c1-10-5-2-6-11-8-3-4-9-7-8/h8-9H,2-7H2,1H3. The first-order valence-electron chi connectivity index (χ1n) is 4.24. The van der Waals surface area contributed by atoms with Gasteiger partial charge in [-0.25, -0.2) is 0 Å². The zero-order valence-corrected chi connectivity index (χ0v) is 7.95. The van der Waals surface area contributed by atoms with Crippen molar-refractivity contribution in [2.75, 3.05) is 32.6 Å². The second kappa shape index (κ2) is 5.86. The molecule has 1 saturated heterocycles. The summed E-state index contributed by atoms with van der Waals surface area (Å²) in [6.45, 7) is 3.33. The van der Waals surface area contributed by atoms with Gasteiger partial charge in [0.15, 0.2) is 0 Å². The molecule has 0 saturated carbocycles. The van der Waals surface area contributed by atoms with Crippen LogP contribution in [-0.4, -0.2) is 37.8 Å². The number of hydrogen-bond acceptors (Lipinski definition) is 3. The summed E-state index contributed by atoms with van der Waals surface area (Å²) in [5.74, 6) is 1.25.